The highest BCUT2D eigenvalue weighted by Crippen LogP contribution is 2.46. The first-order valence-electron chi connectivity index (χ1n) is 10.5. The van der Waals surface area contributed by atoms with Crippen molar-refractivity contribution < 1.29 is 40.3 Å². The maximum Gasteiger partial charge on any atom is 0.430 e. The van der Waals surface area contributed by atoms with Crippen molar-refractivity contribution >= 4 is 5.69 Å². The topological polar surface area (TPSA) is 122 Å². The van der Waals surface area contributed by atoms with E-state index in [2.05, 4.69) is 15.2 Å². The number of aryl methyl sites for hydroxylation is 1. The maximum atomic E-state index is 14.6. The van der Waals surface area contributed by atoms with E-state index in [1.807, 2.05) is 0 Å². The Labute approximate surface area is 198 Å². The van der Waals surface area contributed by atoms with E-state index < -0.39 is 69.7 Å². The predicted octanol–water partition coefficient (Wildman–Crippen LogP) is 5.00. The summed E-state index contributed by atoms with van der Waals surface area (Å²) in [6.07, 6.45) is -10.0. The Kier molecular flexibility index (Phi) is 6.16. The minimum Gasteiger partial charge on any atom is -0.415 e. The smallest absolute Gasteiger partial charge is 0.415 e. The standard InChI is InChI=1S/C22H16F7N5O2/c23-14-6-5-10-3-1-2-4-11(9-30)16-13(21(24,25)26)8-15(31)17(32-16)18-33-34-19(36-18)20(35,12(14)7-10)22(27,28)29/h5-8,11,35H,1-4,31H2. The highest BCUT2D eigenvalue weighted by molar-refractivity contribution is 5.68. The van der Waals surface area contributed by atoms with Gasteiger partial charge in [0, 0.05) is 5.56 Å². The first-order valence-corrected chi connectivity index (χ1v) is 10.5. The lowest BCUT2D eigenvalue weighted by molar-refractivity contribution is -0.256. The Balaban J connectivity index is 2.01. The van der Waals surface area contributed by atoms with Gasteiger partial charge >= 0.3 is 12.4 Å². The van der Waals surface area contributed by atoms with Gasteiger partial charge in [0.2, 0.25) is 0 Å². The summed E-state index contributed by atoms with van der Waals surface area (Å²) in [6, 6.07) is 5.01. The molecule has 0 spiro atoms. The average molecular weight is 515 g/mol. The van der Waals surface area contributed by atoms with Gasteiger partial charge in [-0.25, -0.2) is 9.37 Å². The quantitative estimate of drug-likeness (QED) is 0.404. The van der Waals surface area contributed by atoms with Crippen LogP contribution in [0.5, 0.6) is 0 Å². The summed E-state index contributed by atoms with van der Waals surface area (Å²) in [4.78, 5) is 3.80. The summed E-state index contributed by atoms with van der Waals surface area (Å²) >= 11 is 0. The Morgan fingerprint density at radius 1 is 1.11 bits per heavy atom. The minimum atomic E-state index is -5.54. The van der Waals surface area contributed by atoms with Crippen LogP contribution >= 0.6 is 0 Å². The number of hydrogen-bond acceptors (Lipinski definition) is 7. The van der Waals surface area contributed by atoms with Crippen molar-refractivity contribution in [2.45, 2.75) is 49.6 Å². The molecule has 6 bridgehead atoms. The van der Waals surface area contributed by atoms with E-state index in [0.717, 1.165) is 12.1 Å². The van der Waals surface area contributed by atoms with Gasteiger partial charge in [0.25, 0.3) is 17.4 Å². The number of halogens is 7. The van der Waals surface area contributed by atoms with E-state index >= 15 is 0 Å². The normalized spacial score (nSPS) is 20.8. The van der Waals surface area contributed by atoms with Gasteiger partial charge in [-0.2, -0.15) is 31.6 Å². The van der Waals surface area contributed by atoms with Crippen LogP contribution in [0.2, 0.25) is 0 Å². The van der Waals surface area contributed by atoms with Crippen LogP contribution in [0.15, 0.2) is 28.7 Å². The van der Waals surface area contributed by atoms with Crippen molar-refractivity contribution in [3.05, 3.63) is 58.4 Å². The Bertz CT molecular complexity index is 1350. The number of anilines is 1. The zero-order chi connectivity index (χ0) is 26.5. The van der Waals surface area contributed by atoms with Crippen molar-refractivity contribution in [3.8, 4) is 17.7 Å². The summed E-state index contributed by atoms with van der Waals surface area (Å²) < 4.78 is 103. The van der Waals surface area contributed by atoms with Gasteiger partial charge < -0.3 is 15.3 Å². The predicted molar refractivity (Wildman–Crippen MR) is 108 cm³/mol. The fraction of sp³-hybridized carbons (Fsp3) is 0.364. The lowest BCUT2D eigenvalue weighted by Gasteiger charge is -2.28. The molecule has 1 aliphatic rings. The van der Waals surface area contributed by atoms with Gasteiger partial charge in [-0.3, -0.25) is 0 Å². The van der Waals surface area contributed by atoms with Crippen molar-refractivity contribution in [2.75, 3.05) is 5.73 Å². The summed E-state index contributed by atoms with van der Waals surface area (Å²) in [5.41, 5.74) is -2.68. The highest BCUT2D eigenvalue weighted by atomic mass is 19.4. The van der Waals surface area contributed by atoms with Gasteiger partial charge in [-0.1, -0.05) is 12.5 Å². The highest BCUT2D eigenvalue weighted by Gasteiger charge is 2.61. The molecule has 0 amide bonds. The summed E-state index contributed by atoms with van der Waals surface area (Å²) in [5.74, 6) is -5.09. The van der Waals surface area contributed by atoms with Gasteiger partial charge in [0.15, 0.2) is 5.69 Å². The van der Waals surface area contributed by atoms with Gasteiger partial charge in [-0.15, -0.1) is 10.2 Å². The fourth-order valence-corrected chi connectivity index (χ4v) is 4.01. The molecule has 190 valence electrons. The average Bonchev–Trinajstić information content (AvgIpc) is 3.28. The molecule has 3 aromatic rings. The first kappa shape index (κ1) is 25.4. The van der Waals surface area contributed by atoms with Gasteiger partial charge in [0.1, 0.15) is 5.82 Å². The second-order valence-corrected chi connectivity index (χ2v) is 8.22. The van der Waals surface area contributed by atoms with Crippen molar-refractivity contribution in [3.63, 3.8) is 0 Å². The molecule has 3 heterocycles. The van der Waals surface area contributed by atoms with E-state index in [1.165, 1.54) is 6.07 Å². The number of hydrogen-bond donors (Lipinski definition) is 2. The number of aliphatic hydroxyl groups is 1. The van der Waals surface area contributed by atoms with E-state index in [4.69, 9.17) is 10.2 Å². The number of nitrogens with zero attached hydrogens (tertiary/aromatic N) is 4. The largest absolute Gasteiger partial charge is 0.430 e. The number of nitriles is 1. The van der Waals surface area contributed by atoms with E-state index in [-0.39, 0.29) is 31.2 Å². The zero-order valence-corrected chi connectivity index (χ0v) is 18.1. The molecule has 2 aromatic heterocycles. The van der Waals surface area contributed by atoms with Crippen LogP contribution in [0, 0.1) is 17.1 Å². The summed E-state index contributed by atoms with van der Waals surface area (Å²) in [7, 11) is 0. The summed E-state index contributed by atoms with van der Waals surface area (Å²) in [5, 5.41) is 26.9. The fourth-order valence-electron chi connectivity index (χ4n) is 4.01. The molecule has 0 fully saturated rings. The molecular weight excluding hydrogens is 499 g/mol. The monoisotopic (exact) mass is 515 g/mol. The van der Waals surface area contributed by atoms with E-state index in [0.29, 0.717) is 6.07 Å². The molecule has 3 N–H and O–H groups in total. The number of aromatic nitrogens is 3. The molecule has 4 rings (SSSR count). The van der Waals surface area contributed by atoms with Crippen LogP contribution in [0.4, 0.5) is 36.4 Å². The Morgan fingerprint density at radius 3 is 2.47 bits per heavy atom. The van der Waals surface area contributed by atoms with Crippen LogP contribution in [0.3, 0.4) is 0 Å². The number of pyridine rings is 1. The lowest BCUT2D eigenvalue weighted by atomic mass is 9.89. The van der Waals surface area contributed by atoms with Crippen molar-refractivity contribution in [1.29, 1.82) is 5.26 Å². The number of benzene rings is 1. The molecular formula is C22H16F7N5O2. The molecule has 2 unspecified atom stereocenters. The molecule has 0 saturated heterocycles. The number of rotatable bonds is 0. The van der Waals surface area contributed by atoms with Crippen LogP contribution in [-0.2, 0) is 18.2 Å². The third-order valence-corrected chi connectivity index (χ3v) is 5.85. The lowest BCUT2D eigenvalue weighted by Crippen LogP contribution is -2.44. The van der Waals surface area contributed by atoms with Gasteiger partial charge in [-0.05, 0) is 43.0 Å². The third-order valence-electron chi connectivity index (χ3n) is 5.85. The molecule has 1 aromatic carbocycles. The minimum absolute atomic E-state index is 0.0639. The van der Waals surface area contributed by atoms with Crippen LogP contribution in [0.1, 0.15) is 53.5 Å². The number of fused-ring (bicyclic) bond motifs is 7. The van der Waals surface area contributed by atoms with Crippen LogP contribution < -0.4 is 5.73 Å². The number of nitrogen functional groups attached to an aromatic ring is 1. The molecule has 36 heavy (non-hydrogen) atoms. The SMILES string of the molecule is N#CC1CCCCc2ccc(F)c(c2)C(O)(C(F)(F)F)c2nnc(o2)-c2nc1c(C(F)(F)F)cc2N. The van der Waals surface area contributed by atoms with Crippen molar-refractivity contribution in [1.82, 2.24) is 15.2 Å². The zero-order valence-electron chi connectivity index (χ0n) is 18.1. The molecule has 0 saturated carbocycles. The maximum absolute atomic E-state index is 14.6. The third kappa shape index (κ3) is 4.23. The molecule has 0 radical (unpaired) electrons. The van der Waals surface area contributed by atoms with Crippen molar-refractivity contribution in [2.24, 2.45) is 0 Å². The van der Waals surface area contributed by atoms with E-state index in [9.17, 15) is 41.1 Å². The molecule has 14 heteroatoms. The molecule has 1 aliphatic heterocycles. The molecule has 2 atom stereocenters. The Hall–Kier alpha value is -3.73. The number of nitrogens with two attached hydrogens (primary N) is 1. The van der Waals surface area contributed by atoms with E-state index in [1.54, 1.807) is 6.07 Å². The first-order chi connectivity index (χ1) is 16.8. The van der Waals surface area contributed by atoms with Crippen LogP contribution in [-0.4, -0.2) is 26.5 Å². The number of alkyl halides is 6. The molecule has 7 nitrogen and oxygen atoms in total. The second kappa shape index (κ2) is 8.74. The Morgan fingerprint density at radius 2 is 1.83 bits per heavy atom. The van der Waals surface area contributed by atoms with Gasteiger partial charge in [0.05, 0.1) is 28.9 Å². The van der Waals surface area contributed by atoms with Crippen LogP contribution in [0.25, 0.3) is 11.6 Å². The molecule has 0 aliphatic carbocycles. The second-order valence-electron chi connectivity index (χ2n) is 8.22. The summed E-state index contributed by atoms with van der Waals surface area (Å²) in [6.45, 7) is 0.